The number of H-pyrrole nitrogens is 1. The number of hydrogen-bond donors (Lipinski definition) is 1. The van der Waals surface area contributed by atoms with Crippen LogP contribution in [0.25, 0.3) is 10.9 Å². The molecule has 0 saturated carbocycles. The van der Waals surface area contributed by atoms with E-state index < -0.39 is 0 Å². The molecule has 0 atom stereocenters. The minimum absolute atomic E-state index is 0. The quantitative estimate of drug-likeness (QED) is 0.712. The van der Waals surface area contributed by atoms with E-state index in [2.05, 4.69) is 46.3 Å². The van der Waals surface area contributed by atoms with Crippen molar-refractivity contribution in [1.29, 1.82) is 0 Å². The zero-order valence-corrected chi connectivity index (χ0v) is 16.7. The molecule has 0 spiro atoms. The monoisotopic (exact) mass is 388 g/mol. The zero-order chi connectivity index (χ0) is 18.1. The van der Waals surface area contributed by atoms with E-state index in [1.165, 1.54) is 16.8 Å². The molecule has 27 heavy (non-hydrogen) atoms. The van der Waals surface area contributed by atoms with Gasteiger partial charge in [0.15, 0.2) is 11.5 Å². The van der Waals surface area contributed by atoms with Crippen LogP contribution >= 0.6 is 12.4 Å². The number of methoxy groups -OCH3 is 3. The lowest BCUT2D eigenvalue weighted by molar-refractivity contribution is 0.245. The van der Waals surface area contributed by atoms with Gasteiger partial charge in [0.1, 0.15) is 0 Å². The van der Waals surface area contributed by atoms with Gasteiger partial charge in [-0.25, -0.2) is 0 Å². The summed E-state index contributed by atoms with van der Waals surface area (Å²) in [5.74, 6) is 2.02. The van der Waals surface area contributed by atoms with Crippen molar-refractivity contribution in [2.45, 2.75) is 19.5 Å². The summed E-state index contributed by atoms with van der Waals surface area (Å²) in [7, 11) is 4.96. The maximum atomic E-state index is 5.64. The third-order valence-electron chi connectivity index (χ3n) is 5.10. The van der Waals surface area contributed by atoms with E-state index in [0.29, 0.717) is 17.2 Å². The third kappa shape index (κ3) is 3.45. The fraction of sp³-hybridized carbons (Fsp3) is 0.333. The molecule has 0 radical (unpaired) electrons. The van der Waals surface area contributed by atoms with Gasteiger partial charge in [-0.15, -0.1) is 12.4 Å². The SMILES string of the molecule is COc1cc2c3c([nH]c2c(OC)c1OC)CCN(Cc1ccccc1)C3.Cl. The molecule has 0 bridgehead atoms. The molecule has 6 heteroatoms. The van der Waals surface area contributed by atoms with E-state index in [1.807, 2.05) is 0 Å². The van der Waals surface area contributed by atoms with Crippen LogP contribution in [0.5, 0.6) is 17.2 Å². The first kappa shape index (κ1) is 19.4. The van der Waals surface area contributed by atoms with Gasteiger partial charge in [0.25, 0.3) is 0 Å². The molecule has 0 amide bonds. The minimum Gasteiger partial charge on any atom is -0.493 e. The first-order valence-electron chi connectivity index (χ1n) is 8.83. The van der Waals surface area contributed by atoms with Crippen molar-refractivity contribution < 1.29 is 14.2 Å². The first-order chi connectivity index (χ1) is 12.7. The van der Waals surface area contributed by atoms with Crippen molar-refractivity contribution >= 4 is 23.3 Å². The largest absolute Gasteiger partial charge is 0.493 e. The van der Waals surface area contributed by atoms with Gasteiger partial charge in [0.2, 0.25) is 5.75 Å². The van der Waals surface area contributed by atoms with Crippen LogP contribution in [0.15, 0.2) is 36.4 Å². The predicted octanol–water partition coefficient (Wildman–Crippen LogP) is 4.17. The van der Waals surface area contributed by atoms with Crippen LogP contribution in [0.4, 0.5) is 0 Å². The Labute approximate surface area is 165 Å². The van der Waals surface area contributed by atoms with Gasteiger partial charge in [-0.2, -0.15) is 0 Å². The lowest BCUT2D eigenvalue weighted by Gasteiger charge is -2.27. The van der Waals surface area contributed by atoms with Crippen molar-refractivity contribution in [2.24, 2.45) is 0 Å². The number of benzene rings is 2. The maximum absolute atomic E-state index is 5.64. The summed E-state index contributed by atoms with van der Waals surface area (Å²) in [4.78, 5) is 6.04. The van der Waals surface area contributed by atoms with Crippen molar-refractivity contribution in [3.63, 3.8) is 0 Å². The Bertz CT molecular complexity index is 924. The number of hydrogen-bond acceptors (Lipinski definition) is 4. The van der Waals surface area contributed by atoms with Crippen molar-refractivity contribution in [2.75, 3.05) is 27.9 Å². The minimum atomic E-state index is 0. The summed E-state index contributed by atoms with van der Waals surface area (Å²) in [5, 5.41) is 1.15. The molecule has 0 fully saturated rings. The Balaban J connectivity index is 0.00000210. The molecule has 1 aromatic heterocycles. The highest BCUT2D eigenvalue weighted by molar-refractivity contribution is 5.94. The Kier molecular flexibility index (Phi) is 5.82. The number of fused-ring (bicyclic) bond motifs is 3. The smallest absolute Gasteiger partial charge is 0.205 e. The summed E-state index contributed by atoms with van der Waals surface area (Å²) in [5.41, 5.74) is 4.92. The molecule has 4 rings (SSSR count). The van der Waals surface area contributed by atoms with Crippen LogP contribution in [0.1, 0.15) is 16.8 Å². The summed E-state index contributed by atoms with van der Waals surface area (Å²) >= 11 is 0. The predicted molar refractivity (Wildman–Crippen MR) is 109 cm³/mol. The van der Waals surface area contributed by atoms with E-state index in [4.69, 9.17) is 14.2 Å². The standard InChI is InChI=1S/C21H24N2O3.ClH/c1-24-18-11-15-16-13-23(12-14-7-5-4-6-8-14)10-9-17(16)22-19(15)21(26-3)20(18)25-2;/h4-8,11,22H,9-10,12-13H2,1-3H3;1H. The Morgan fingerprint density at radius 2 is 1.74 bits per heavy atom. The van der Waals surface area contributed by atoms with Crippen LogP contribution in [0.2, 0.25) is 0 Å². The van der Waals surface area contributed by atoms with E-state index >= 15 is 0 Å². The van der Waals surface area contributed by atoms with Crippen molar-refractivity contribution in [3.05, 3.63) is 53.2 Å². The number of ether oxygens (including phenoxy) is 3. The number of aromatic amines is 1. The lowest BCUT2D eigenvalue weighted by Crippen LogP contribution is -2.29. The van der Waals surface area contributed by atoms with Gasteiger partial charge in [-0.3, -0.25) is 4.90 Å². The second-order valence-electron chi connectivity index (χ2n) is 6.60. The van der Waals surface area contributed by atoms with Gasteiger partial charge < -0.3 is 19.2 Å². The molecule has 0 unspecified atom stereocenters. The molecule has 3 aromatic rings. The molecular weight excluding hydrogens is 364 g/mol. The molecule has 0 saturated heterocycles. The maximum Gasteiger partial charge on any atom is 0.205 e. The fourth-order valence-electron chi connectivity index (χ4n) is 3.85. The highest BCUT2D eigenvalue weighted by Crippen LogP contribution is 2.45. The van der Waals surface area contributed by atoms with Crippen LogP contribution in [0, 0.1) is 0 Å². The second kappa shape index (κ2) is 8.11. The molecule has 1 aliphatic heterocycles. The number of nitrogens with one attached hydrogen (secondary N) is 1. The third-order valence-corrected chi connectivity index (χ3v) is 5.10. The van der Waals surface area contributed by atoms with Gasteiger partial charge in [0.05, 0.1) is 26.8 Å². The summed E-state index contributed by atoms with van der Waals surface area (Å²) < 4.78 is 16.7. The molecule has 0 aliphatic carbocycles. The lowest BCUT2D eigenvalue weighted by atomic mass is 10.0. The number of halogens is 1. The van der Waals surface area contributed by atoms with E-state index in [0.717, 1.165) is 37.0 Å². The van der Waals surface area contributed by atoms with E-state index in [1.54, 1.807) is 21.3 Å². The van der Waals surface area contributed by atoms with Crippen molar-refractivity contribution in [3.8, 4) is 17.2 Å². The first-order valence-corrected chi connectivity index (χ1v) is 8.83. The van der Waals surface area contributed by atoms with Gasteiger partial charge in [-0.1, -0.05) is 30.3 Å². The second-order valence-corrected chi connectivity index (χ2v) is 6.60. The van der Waals surface area contributed by atoms with E-state index in [9.17, 15) is 0 Å². The number of aromatic nitrogens is 1. The topological polar surface area (TPSA) is 46.7 Å². The molecule has 2 heterocycles. The van der Waals surface area contributed by atoms with E-state index in [-0.39, 0.29) is 12.4 Å². The fourth-order valence-corrected chi connectivity index (χ4v) is 3.85. The highest BCUT2D eigenvalue weighted by Gasteiger charge is 2.25. The van der Waals surface area contributed by atoms with Crippen LogP contribution in [0.3, 0.4) is 0 Å². The summed E-state index contributed by atoms with van der Waals surface area (Å²) in [6.45, 7) is 2.89. The molecule has 1 N–H and O–H groups in total. The highest BCUT2D eigenvalue weighted by atomic mass is 35.5. The average Bonchev–Trinajstić information content (AvgIpc) is 3.04. The molecule has 144 valence electrons. The molecule has 2 aromatic carbocycles. The van der Waals surface area contributed by atoms with Crippen LogP contribution < -0.4 is 14.2 Å². The van der Waals surface area contributed by atoms with Gasteiger partial charge in [0, 0.05) is 37.1 Å². The Hall–Kier alpha value is -2.37. The molecular formula is C21H25ClN2O3. The van der Waals surface area contributed by atoms with Gasteiger partial charge >= 0.3 is 0 Å². The number of nitrogens with zero attached hydrogens (tertiary/aromatic N) is 1. The molecule has 5 nitrogen and oxygen atoms in total. The molecule has 1 aliphatic rings. The van der Waals surface area contributed by atoms with Crippen LogP contribution in [-0.4, -0.2) is 37.8 Å². The zero-order valence-electron chi connectivity index (χ0n) is 15.9. The Morgan fingerprint density at radius 3 is 2.41 bits per heavy atom. The summed E-state index contributed by atoms with van der Waals surface area (Å²) in [6.07, 6.45) is 0.991. The normalized spacial score (nSPS) is 13.7. The van der Waals surface area contributed by atoms with Gasteiger partial charge in [-0.05, 0) is 17.2 Å². The Morgan fingerprint density at radius 1 is 1.00 bits per heavy atom. The average molecular weight is 389 g/mol. The van der Waals surface area contributed by atoms with Crippen molar-refractivity contribution in [1.82, 2.24) is 9.88 Å². The van der Waals surface area contributed by atoms with Crippen LogP contribution in [-0.2, 0) is 19.5 Å². The summed E-state index contributed by atoms with van der Waals surface area (Å²) in [6, 6.07) is 12.7. The number of rotatable bonds is 5.